The molecule has 1 amide bonds. The Labute approximate surface area is 117 Å². The molecule has 108 valence electrons. The van der Waals surface area contributed by atoms with E-state index in [0.29, 0.717) is 18.7 Å². The van der Waals surface area contributed by atoms with E-state index in [-0.39, 0.29) is 16.9 Å². The van der Waals surface area contributed by atoms with Crippen LogP contribution in [0.1, 0.15) is 35.2 Å². The van der Waals surface area contributed by atoms with Crippen molar-refractivity contribution >= 4 is 17.6 Å². The van der Waals surface area contributed by atoms with Gasteiger partial charge < -0.3 is 15.2 Å². The van der Waals surface area contributed by atoms with Gasteiger partial charge in [-0.15, -0.1) is 0 Å². The van der Waals surface area contributed by atoms with Crippen LogP contribution in [-0.2, 0) is 9.53 Å². The van der Waals surface area contributed by atoms with E-state index in [4.69, 9.17) is 9.84 Å². The molecule has 2 rings (SSSR count). The molecule has 5 heteroatoms. The number of aryl methyl sites for hydroxylation is 1. The number of nitrogens with one attached hydrogen (secondary N) is 1. The summed E-state index contributed by atoms with van der Waals surface area (Å²) in [7, 11) is 1.62. The normalized spacial score (nSPS) is 15.7. The number of hydrogen-bond donors (Lipinski definition) is 2. The van der Waals surface area contributed by atoms with Gasteiger partial charge in [0.1, 0.15) is 0 Å². The number of ether oxygens (including phenoxy) is 1. The van der Waals surface area contributed by atoms with Crippen LogP contribution in [0.15, 0.2) is 18.2 Å². The van der Waals surface area contributed by atoms with Crippen LogP contribution in [0.3, 0.4) is 0 Å². The molecule has 0 spiro atoms. The summed E-state index contributed by atoms with van der Waals surface area (Å²) in [5.41, 5.74) is 1.26. The van der Waals surface area contributed by atoms with Crippen LogP contribution in [0.25, 0.3) is 0 Å². The van der Waals surface area contributed by atoms with Crippen LogP contribution < -0.4 is 5.32 Å². The second-order valence-corrected chi connectivity index (χ2v) is 5.31. The van der Waals surface area contributed by atoms with Crippen molar-refractivity contribution in [2.45, 2.75) is 26.2 Å². The van der Waals surface area contributed by atoms with E-state index in [2.05, 4.69) is 5.32 Å². The highest BCUT2D eigenvalue weighted by molar-refractivity contribution is 5.99. The van der Waals surface area contributed by atoms with E-state index in [9.17, 15) is 9.59 Å². The summed E-state index contributed by atoms with van der Waals surface area (Å²) in [6, 6.07) is 4.74. The number of carbonyl (C=O) groups excluding carboxylic acids is 1. The summed E-state index contributed by atoms with van der Waals surface area (Å²) >= 11 is 0. The minimum Gasteiger partial charge on any atom is -0.478 e. The van der Waals surface area contributed by atoms with Crippen molar-refractivity contribution in [2.75, 3.05) is 19.0 Å². The van der Waals surface area contributed by atoms with Crippen LogP contribution in [0.4, 0.5) is 5.69 Å². The molecule has 5 nitrogen and oxygen atoms in total. The third-order valence-corrected chi connectivity index (χ3v) is 3.85. The zero-order valence-corrected chi connectivity index (χ0v) is 11.7. The number of anilines is 1. The van der Waals surface area contributed by atoms with E-state index in [1.807, 2.05) is 6.92 Å². The van der Waals surface area contributed by atoms with Gasteiger partial charge in [-0.25, -0.2) is 4.79 Å². The van der Waals surface area contributed by atoms with Crippen LogP contribution in [0.5, 0.6) is 0 Å². The predicted octanol–water partition coefficient (Wildman–Crippen LogP) is 2.45. The second kappa shape index (κ2) is 5.63. The number of aromatic carboxylic acids is 1. The number of carboxylic acids is 1. The average molecular weight is 277 g/mol. The van der Waals surface area contributed by atoms with Crippen LogP contribution in [-0.4, -0.2) is 30.7 Å². The minimum atomic E-state index is -0.999. The van der Waals surface area contributed by atoms with Crippen molar-refractivity contribution in [3.63, 3.8) is 0 Å². The van der Waals surface area contributed by atoms with Crippen molar-refractivity contribution in [2.24, 2.45) is 5.41 Å². The Kier molecular flexibility index (Phi) is 4.09. The number of hydrogen-bond acceptors (Lipinski definition) is 3. The summed E-state index contributed by atoms with van der Waals surface area (Å²) in [4.78, 5) is 23.3. The Bertz CT molecular complexity index is 535. The standard InChI is InChI=1S/C15H19NO4/c1-10-3-4-11(13(17)18)9-12(10)16-14(19)15(5-6-15)7-8-20-2/h3-4,9H,5-8H2,1-2H3,(H,16,19)(H,17,18). The third kappa shape index (κ3) is 2.99. The Morgan fingerprint density at radius 3 is 2.65 bits per heavy atom. The number of rotatable bonds is 6. The molecule has 1 fully saturated rings. The SMILES string of the molecule is COCCC1(C(=O)Nc2cc(C(=O)O)ccc2C)CC1. The molecule has 0 bridgehead atoms. The largest absolute Gasteiger partial charge is 0.478 e. The second-order valence-electron chi connectivity index (χ2n) is 5.31. The Balaban J connectivity index is 2.11. The zero-order chi connectivity index (χ0) is 14.8. The molecule has 1 aliphatic carbocycles. The number of methoxy groups -OCH3 is 1. The molecule has 2 N–H and O–H groups in total. The molecule has 1 saturated carbocycles. The first-order chi connectivity index (χ1) is 9.48. The molecule has 1 aromatic rings. The molecule has 20 heavy (non-hydrogen) atoms. The van der Waals surface area contributed by atoms with Gasteiger partial charge >= 0.3 is 5.97 Å². The lowest BCUT2D eigenvalue weighted by Gasteiger charge is -2.16. The molecule has 1 aliphatic rings. The Hall–Kier alpha value is -1.88. The highest BCUT2D eigenvalue weighted by Crippen LogP contribution is 2.49. The van der Waals surface area contributed by atoms with Gasteiger partial charge in [0, 0.05) is 19.4 Å². The first-order valence-electron chi connectivity index (χ1n) is 6.63. The molecular formula is C15H19NO4. The monoisotopic (exact) mass is 277 g/mol. The fraction of sp³-hybridized carbons (Fsp3) is 0.467. The van der Waals surface area contributed by atoms with Gasteiger partial charge in [-0.05, 0) is 43.9 Å². The van der Waals surface area contributed by atoms with Gasteiger partial charge in [0.2, 0.25) is 5.91 Å². The predicted molar refractivity (Wildman–Crippen MR) is 74.9 cm³/mol. The summed E-state index contributed by atoms with van der Waals surface area (Å²) in [6.07, 6.45) is 2.42. The summed E-state index contributed by atoms with van der Waals surface area (Å²) in [5, 5.41) is 11.9. The maximum absolute atomic E-state index is 12.3. The Morgan fingerprint density at radius 2 is 2.10 bits per heavy atom. The third-order valence-electron chi connectivity index (χ3n) is 3.85. The molecule has 0 heterocycles. The van der Waals surface area contributed by atoms with E-state index in [1.54, 1.807) is 13.2 Å². The minimum absolute atomic E-state index is 0.0415. The molecule has 0 aliphatic heterocycles. The van der Waals surface area contributed by atoms with Crippen molar-refractivity contribution in [3.05, 3.63) is 29.3 Å². The first-order valence-corrected chi connectivity index (χ1v) is 6.63. The van der Waals surface area contributed by atoms with E-state index < -0.39 is 5.97 Å². The highest BCUT2D eigenvalue weighted by atomic mass is 16.5. The van der Waals surface area contributed by atoms with Gasteiger partial charge in [0.05, 0.1) is 11.0 Å². The van der Waals surface area contributed by atoms with Gasteiger partial charge in [-0.3, -0.25) is 4.79 Å². The van der Waals surface area contributed by atoms with Crippen molar-refractivity contribution in [3.8, 4) is 0 Å². The van der Waals surface area contributed by atoms with E-state index in [0.717, 1.165) is 18.4 Å². The van der Waals surface area contributed by atoms with Crippen LogP contribution in [0, 0.1) is 12.3 Å². The first kappa shape index (κ1) is 14.5. The summed E-state index contributed by atoms with van der Waals surface area (Å²) in [5.74, 6) is -1.04. The lowest BCUT2D eigenvalue weighted by atomic mass is 10.0. The van der Waals surface area contributed by atoms with Gasteiger partial charge in [-0.2, -0.15) is 0 Å². The van der Waals surface area contributed by atoms with Gasteiger partial charge in [0.25, 0.3) is 0 Å². The smallest absolute Gasteiger partial charge is 0.335 e. The lowest BCUT2D eigenvalue weighted by molar-refractivity contribution is -0.121. The van der Waals surface area contributed by atoms with Crippen LogP contribution >= 0.6 is 0 Å². The Morgan fingerprint density at radius 1 is 1.40 bits per heavy atom. The number of carbonyl (C=O) groups is 2. The fourth-order valence-electron chi connectivity index (χ4n) is 2.18. The maximum Gasteiger partial charge on any atom is 0.335 e. The molecule has 1 aromatic carbocycles. The number of benzene rings is 1. The quantitative estimate of drug-likeness (QED) is 0.837. The van der Waals surface area contributed by atoms with Crippen molar-refractivity contribution in [1.82, 2.24) is 0 Å². The zero-order valence-electron chi connectivity index (χ0n) is 11.7. The van der Waals surface area contributed by atoms with Crippen molar-refractivity contribution < 1.29 is 19.4 Å². The lowest BCUT2D eigenvalue weighted by Crippen LogP contribution is -2.26. The fourth-order valence-corrected chi connectivity index (χ4v) is 2.18. The molecular weight excluding hydrogens is 258 g/mol. The molecule has 0 atom stereocenters. The molecule has 0 unspecified atom stereocenters. The van der Waals surface area contributed by atoms with Gasteiger partial charge in [-0.1, -0.05) is 6.07 Å². The van der Waals surface area contributed by atoms with E-state index in [1.165, 1.54) is 12.1 Å². The number of carboxylic acid groups (broad SMARTS) is 1. The van der Waals surface area contributed by atoms with Crippen LogP contribution in [0.2, 0.25) is 0 Å². The highest BCUT2D eigenvalue weighted by Gasteiger charge is 2.49. The van der Waals surface area contributed by atoms with E-state index >= 15 is 0 Å². The topological polar surface area (TPSA) is 75.6 Å². The summed E-state index contributed by atoms with van der Waals surface area (Å²) < 4.78 is 5.03. The van der Waals surface area contributed by atoms with Gasteiger partial charge in [0.15, 0.2) is 0 Å². The summed E-state index contributed by atoms with van der Waals surface area (Å²) in [6.45, 7) is 2.40. The molecule has 0 radical (unpaired) electrons. The number of amides is 1. The van der Waals surface area contributed by atoms with Crippen molar-refractivity contribution in [1.29, 1.82) is 0 Å². The molecule has 0 saturated heterocycles. The molecule has 0 aromatic heterocycles. The average Bonchev–Trinajstić information content (AvgIpc) is 3.19. The maximum atomic E-state index is 12.3.